The lowest BCUT2D eigenvalue weighted by molar-refractivity contribution is -0.144. The molecule has 2 aromatic rings. The van der Waals surface area contributed by atoms with E-state index in [0.717, 1.165) is 5.56 Å². The maximum Gasteiger partial charge on any atom is 0.329 e. The van der Waals surface area contributed by atoms with Gasteiger partial charge in [0.2, 0.25) is 0 Å². The highest BCUT2D eigenvalue weighted by molar-refractivity contribution is 7.99. The van der Waals surface area contributed by atoms with Crippen molar-refractivity contribution in [2.24, 2.45) is 0 Å². The molecule has 1 saturated heterocycles. The molecule has 1 aromatic heterocycles. The van der Waals surface area contributed by atoms with Gasteiger partial charge in [0.15, 0.2) is 0 Å². The highest BCUT2D eigenvalue weighted by atomic mass is 35.5. The van der Waals surface area contributed by atoms with Gasteiger partial charge >= 0.3 is 5.97 Å². The van der Waals surface area contributed by atoms with Crippen LogP contribution in [0.5, 0.6) is 0 Å². The fourth-order valence-corrected chi connectivity index (χ4v) is 4.84. The van der Waals surface area contributed by atoms with Crippen molar-refractivity contribution < 1.29 is 14.7 Å². The third-order valence-electron chi connectivity index (χ3n) is 3.95. The Morgan fingerprint density at radius 2 is 1.96 bits per heavy atom. The zero-order chi connectivity index (χ0) is 17.2. The van der Waals surface area contributed by atoms with Crippen LogP contribution in [0.4, 0.5) is 0 Å². The minimum atomic E-state index is -1.20. The van der Waals surface area contributed by atoms with Crippen molar-refractivity contribution in [2.45, 2.75) is 18.4 Å². The highest BCUT2D eigenvalue weighted by Gasteiger charge is 2.41. The molecule has 1 amide bonds. The Morgan fingerprint density at radius 3 is 2.62 bits per heavy atom. The summed E-state index contributed by atoms with van der Waals surface area (Å²) in [5, 5.41) is 15.1. The number of benzene rings is 1. The fraction of sp³-hybridized carbons (Fsp3) is 0.312. The van der Waals surface area contributed by atoms with E-state index in [-0.39, 0.29) is 5.69 Å². The number of carboxylic acids is 1. The number of carbonyl (C=O) groups is 2. The molecule has 0 aliphatic carbocycles. The monoisotopic (exact) mass is 382 g/mol. The summed E-state index contributed by atoms with van der Waals surface area (Å²) in [6.07, 6.45) is 0.834. The van der Waals surface area contributed by atoms with Crippen molar-refractivity contribution in [3.8, 4) is 10.6 Å². The summed E-state index contributed by atoms with van der Waals surface area (Å²) in [6, 6.07) is 7.27. The molecule has 0 atom stereocenters. The molecule has 1 aliphatic heterocycles. The van der Waals surface area contributed by atoms with E-state index in [1.807, 2.05) is 18.2 Å². The molecule has 2 heterocycles. The van der Waals surface area contributed by atoms with Crippen molar-refractivity contribution in [1.29, 1.82) is 0 Å². The number of rotatable bonds is 4. The lowest BCUT2D eigenvalue weighted by Crippen LogP contribution is -2.56. The minimum Gasteiger partial charge on any atom is -0.480 e. The molecule has 5 nitrogen and oxygen atoms in total. The number of carbonyl (C=O) groups excluding carboxylic acids is 1. The van der Waals surface area contributed by atoms with Crippen LogP contribution in [0.15, 0.2) is 29.6 Å². The number of thiazole rings is 1. The first-order chi connectivity index (χ1) is 11.5. The van der Waals surface area contributed by atoms with Gasteiger partial charge in [0.25, 0.3) is 5.91 Å². The zero-order valence-corrected chi connectivity index (χ0v) is 15.0. The molecule has 1 fully saturated rings. The molecule has 0 spiro atoms. The standard InChI is InChI=1S/C16H15ClN2O3S2/c17-11-4-2-1-3-10(11)14-18-12(9-24-14)13(20)19-16(15(21)22)5-7-23-8-6-16/h1-4,9H,5-8H2,(H,19,20)(H,21,22). The Hall–Kier alpha value is -1.57. The average Bonchev–Trinajstić information content (AvgIpc) is 3.06. The molecule has 0 saturated carbocycles. The molecule has 1 aromatic carbocycles. The maximum absolute atomic E-state index is 12.5. The summed E-state index contributed by atoms with van der Waals surface area (Å²) in [5.74, 6) is -0.0141. The van der Waals surface area contributed by atoms with E-state index >= 15 is 0 Å². The number of nitrogens with zero attached hydrogens (tertiary/aromatic N) is 1. The lowest BCUT2D eigenvalue weighted by atomic mass is 9.92. The predicted octanol–water partition coefficient (Wildman–Crippen LogP) is 3.54. The Balaban J connectivity index is 1.81. The first kappa shape index (κ1) is 17.3. The Morgan fingerprint density at radius 1 is 1.25 bits per heavy atom. The smallest absolute Gasteiger partial charge is 0.329 e. The van der Waals surface area contributed by atoms with E-state index < -0.39 is 17.4 Å². The van der Waals surface area contributed by atoms with E-state index in [1.54, 1.807) is 23.2 Å². The number of hydrogen-bond acceptors (Lipinski definition) is 5. The molecule has 0 radical (unpaired) electrons. The zero-order valence-electron chi connectivity index (χ0n) is 12.6. The summed E-state index contributed by atoms with van der Waals surface area (Å²) in [7, 11) is 0. The van der Waals surface area contributed by atoms with Crippen molar-refractivity contribution >= 4 is 46.6 Å². The quantitative estimate of drug-likeness (QED) is 0.845. The van der Waals surface area contributed by atoms with E-state index in [4.69, 9.17) is 11.6 Å². The van der Waals surface area contributed by atoms with Gasteiger partial charge in [-0.3, -0.25) is 4.79 Å². The van der Waals surface area contributed by atoms with Crippen LogP contribution < -0.4 is 5.32 Å². The second kappa shape index (κ2) is 7.13. The van der Waals surface area contributed by atoms with Gasteiger partial charge in [-0.25, -0.2) is 9.78 Å². The SMILES string of the molecule is O=C(NC1(C(=O)O)CCSCC1)c1csc(-c2ccccc2Cl)n1. The molecule has 1 aliphatic rings. The van der Waals surface area contributed by atoms with Gasteiger partial charge in [0.1, 0.15) is 16.2 Å². The molecular formula is C16H15ClN2O3S2. The summed E-state index contributed by atoms with van der Waals surface area (Å²) in [6.45, 7) is 0. The van der Waals surface area contributed by atoms with Gasteiger partial charge in [-0.05, 0) is 30.4 Å². The Labute approximate surface area is 152 Å². The van der Waals surface area contributed by atoms with Crippen LogP contribution in [0.3, 0.4) is 0 Å². The summed E-state index contributed by atoms with van der Waals surface area (Å²) in [5.41, 5.74) is -0.227. The normalized spacial score (nSPS) is 16.5. The van der Waals surface area contributed by atoms with E-state index in [9.17, 15) is 14.7 Å². The third-order valence-corrected chi connectivity index (χ3v) is 6.14. The third kappa shape index (κ3) is 3.43. The molecule has 0 bridgehead atoms. The Kier molecular flexibility index (Phi) is 5.12. The van der Waals surface area contributed by atoms with E-state index in [2.05, 4.69) is 10.3 Å². The van der Waals surface area contributed by atoms with Crippen LogP contribution in [0.25, 0.3) is 10.6 Å². The molecule has 24 heavy (non-hydrogen) atoms. The summed E-state index contributed by atoms with van der Waals surface area (Å²) >= 11 is 9.16. The van der Waals surface area contributed by atoms with E-state index in [1.165, 1.54) is 11.3 Å². The number of carboxylic acid groups (broad SMARTS) is 1. The highest BCUT2D eigenvalue weighted by Crippen LogP contribution is 2.31. The van der Waals surface area contributed by atoms with Gasteiger partial charge in [0, 0.05) is 10.9 Å². The second-order valence-electron chi connectivity index (χ2n) is 5.47. The second-order valence-corrected chi connectivity index (χ2v) is 7.96. The van der Waals surface area contributed by atoms with Crippen LogP contribution in [0.1, 0.15) is 23.3 Å². The number of hydrogen-bond donors (Lipinski definition) is 2. The van der Waals surface area contributed by atoms with Gasteiger partial charge < -0.3 is 10.4 Å². The topological polar surface area (TPSA) is 79.3 Å². The van der Waals surface area contributed by atoms with Gasteiger partial charge in [-0.2, -0.15) is 11.8 Å². The number of aromatic nitrogens is 1. The van der Waals surface area contributed by atoms with Gasteiger partial charge in [0.05, 0.1) is 5.02 Å². The molecular weight excluding hydrogens is 368 g/mol. The maximum atomic E-state index is 12.5. The van der Waals surface area contributed by atoms with Gasteiger partial charge in [-0.1, -0.05) is 29.8 Å². The molecule has 0 unspecified atom stereocenters. The van der Waals surface area contributed by atoms with Gasteiger partial charge in [-0.15, -0.1) is 11.3 Å². The molecule has 3 rings (SSSR count). The average molecular weight is 383 g/mol. The minimum absolute atomic E-state index is 0.216. The molecule has 126 valence electrons. The van der Waals surface area contributed by atoms with Crippen LogP contribution in [-0.2, 0) is 4.79 Å². The summed E-state index contributed by atoms with van der Waals surface area (Å²) in [4.78, 5) is 28.5. The Bertz CT molecular complexity index is 772. The largest absolute Gasteiger partial charge is 0.480 e. The van der Waals surface area contributed by atoms with Crippen LogP contribution in [-0.4, -0.2) is 39.0 Å². The number of nitrogens with one attached hydrogen (secondary N) is 1. The number of thioether (sulfide) groups is 1. The van der Waals surface area contributed by atoms with Crippen molar-refractivity contribution in [3.63, 3.8) is 0 Å². The number of aliphatic carboxylic acids is 1. The van der Waals surface area contributed by atoms with Crippen LogP contribution in [0.2, 0.25) is 5.02 Å². The van der Waals surface area contributed by atoms with Crippen molar-refractivity contribution in [1.82, 2.24) is 10.3 Å². The number of halogens is 1. The molecule has 2 N–H and O–H groups in total. The molecule has 8 heteroatoms. The first-order valence-corrected chi connectivity index (χ1v) is 9.77. The van der Waals surface area contributed by atoms with Crippen molar-refractivity contribution in [3.05, 3.63) is 40.4 Å². The van der Waals surface area contributed by atoms with Crippen molar-refractivity contribution in [2.75, 3.05) is 11.5 Å². The van der Waals surface area contributed by atoms with Crippen LogP contribution >= 0.6 is 34.7 Å². The fourth-order valence-electron chi connectivity index (χ4n) is 2.53. The number of amides is 1. The first-order valence-electron chi connectivity index (χ1n) is 7.36. The lowest BCUT2D eigenvalue weighted by Gasteiger charge is -2.33. The predicted molar refractivity (Wildman–Crippen MR) is 97.0 cm³/mol. The van der Waals surface area contributed by atoms with E-state index in [0.29, 0.717) is 34.4 Å². The van der Waals surface area contributed by atoms with Crippen LogP contribution in [0, 0.1) is 0 Å². The summed E-state index contributed by atoms with van der Waals surface area (Å²) < 4.78 is 0.